The maximum Gasteiger partial charge on any atom is 0.317 e. The second-order valence-electron chi connectivity index (χ2n) is 3.43. The Bertz CT molecular complexity index is 497. The van der Waals surface area contributed by atoms with Crippen molar-refractivity contribution in [2.24, 2.45) is 0 Å². The number of hydrogen-bond acceptors (Lipinski definition) is 4. The van der Waals surface area contributed by atoms with Gasteiger partial charge < -0.3 is 5.11 Å². The molecule has 1 aromatic carbocycles. The molecule has 0 aliphatic rings. The highest BCUT2D eigenvalue weighted by molar-refractivity contribution is 5.60. The molecule has 0 atom stereocenters. The maximum atomic E-state index is 9.17. The van der Waals surface area contributed by atoms with E-state index in [1.165, 1.54) is 6.33 Å². The number of benzene rings is 1. The number of rotatable bonds is 1. The van der Waals surface area contributed by atoms with Gasteiger partial charge in [-0.25, -0.2) is 4.98 Å². The van der Waals surface area contributed by atoms with E-state index in [1.807, 2.05) is 32.0 Å². The van der Waals surface area contributed by atoms with Gasteiger partial charge in [0.1, 0.15) is 6.33 Å². The lowest BCUT2D eigenvalue weighted by atomic mass is 10.1. The number of nitrogens with zero attached hydrogens (tertiary/aromatic N) is 3. The van der Waals surface area contributed by atoms with E-state index >= 15 is 0 Å². The Morgan fingerprint density at radius 3 is 2.67 bits per heavy atom. The number of aromatic hydroxyl groups is 1. The van der Waals surface area contributed by atoms with E-state index in [2.05, 4.69) is 15.0 Å². The molecule has 76 valence electrons. The van der Waals surface area contributed by atoms with E-state index in [0.29, 0.717) is 5.82 Å². The van der Waals surface area contributed by atoms with Crippen LogP contribution < -0.4 is 0 Å². The molecule has 2 rings (SSSR count). The molecular weight excluding hydrogens is 190 g/mol. The first-order valence-electron chi connectivity index (χ1n) is 4.62. The Kier molecular flexibility index (Phi) is 2.33. The van der Waals surface area contributed by atoms with Crippen molar-refractivity contribution in [2.75, 3.05) is 0 Å². The molecule has 0 saturated carbocycles. The lowest BCUT2D eigenvalue weighted by molar-refractivity contribution is 0.428. The van der Waals surface area contributed by atoms with Crippen LogP contribution in [0, 0.1) is 13.8 Å². The maximum absolute atomic E-state index is 9.17. The zero-order valence-electron chi connectivity index (χ0n) is 8.60. The molecule has 1 heterocycles. The van der Waals surface area contributed by atoms with Crippen molar-refractivity contribution < 1.29 is 5.11 Å². The molecule has 0 radical (unpaired) electrons. The van der Waals surface area contributed by atoms with Gasteiger partial charge in [0.2, 0.25) is 0 Å². The Morgan fingerprint density at radius 1 is 1.13 bits per heavy atom. The van der Waals surface area contributed by atoms with Gasteiger partial charge >= 0.3 is 6.01 Å². The molecule has 1 aromatic heterocycles. The van der Waals surface area contributed by atoms with Crippen LogP contribution in [0.25, 0.3) is 11.4 Å². The molecule has 0 spiro atoms. The van der Waals surface area contributed by atoms with Crippen LogP contribution in [-0.4, -0.2) is 20.1 Å². The highest BCUT2D eigenvalue weighted by atomic mass is 16.3. The molecule has 0 amide bonds. The number of aromatic nitrogens is 3. The van der Waals surface area contributed by atoms with Crippen LogP contribution in [0.5, 0.6) is 6.01 Å². The fraction of sp³-hybridized carbons (Fsp3) is 0.182. The normalized spacial score (nSPS) is 10.3. The van der Waals surface area contributed by atoms with E-state index in [0.717, 1.165) is 16.7 Å². The van der Waals surface area contributed by atoms with E-state index in [4.69, 9.17) is 0 Å². The summed E-state index contributed by atoms with van der Waals surface area (Å²) in [6, 6.07) is 5.77. The van der Waals surface area contributed by atoms with Crippen molar-refractivity contribution in [3.8, 4) is 17.4 Å². The van der Waals surface area contributed by atoms with Crippen LogP contribution in [0.1, 0.15) is 11.1 Å². The Hall–Kier alpha value is -1.97. The highest BCUT2D eigenvalue weighted by Gasteiger charge is 2.06. The molecule has 4 nitrogen and oxygen atoms in total. The molecule has 0 bridgehead atoms. The number of hydrogen-bond donors (Lipinski definition) is 1. The molecule has 1 N–H and O–H groups in total. The summed E-state index contributed by atoms with van der Waals surface area (Å²) in [6.45, 7) is 3.99. The fourth-order valence-electron chi connectivity index (χ4n) is 1.39. The summed E-state index contributed by atoms with van der Waals surface area (Å²) < 4.78 is 0. The molecule has 4 heteroatoms. The quantitative estimate of drug-likeness (QED) is 0.765. The summed E-state index contributed by atoms with van der Waals surface area (Å²) in [4.78, 5) is 11.5. The van der Waals surface area contributed by atoms with Crippen LogP contribution in [0.15, 0.2) is 24.5 Å². The van der Waals surface area contributed by atoms with Gasteiger partial charge in [0, 0.05) is 5.56 Å². The second kappa shape index (κ2) is 3.65. The first-order chi connectivity index (χ1) is 7.16. The molecule has 0 saturated heterocycles. The predicted octanol–water partition coefficient (Wildman–Crippen LogP) is 1.86. The third-order valence-corrected chi connectivity index (χ3v) is 2.19. The molecular formula is C11H11N3O. The summed E-state index contributed by atoms with van der Waals surface area (Å²) in [5, 5.41) is 9.17. The number of aryl methyl sites for hydroxylation is 2. The molecule has 0 aliphatic carbocycles. The summed E-state index contributed by atoms with van der Waals surface area (Å²) >= 11 is 0. The van der Waals surface area contributed by atoms with Crippen molar-refractivity contribution >= 4 is 0 Å². The minimum absolute atomic E-state index is 0.249. The highest BCUT2D eigenvalue weighted by Crippen LogP contribution is 2.21. The standard InChI is InChI=1S/C11H11N3O/c1-7-3-4-8(2)9(5-7)10-12-6-13-11(15)14-10/h3-6H,1-2H3,(H,12,13,14,15). The van der Waals surface area contributed by atoms with E-state index in [-0.39, 0.29) is 6.01 Å². The second-order valence-corrected chi connectivity index (χ2v) is 3.43. The van der Waals surface area contributed by atoms with Gasteiger partial charge in [-0.15, -0.1) is 0 Å². The average molecular weight is 201 g/mol. The van der Waals surface area contributed by atoms with E-state index in [9.17, 15) is 5.11 Å². The minimum atomic E-state index is -0.249. The van der Waals surface area contributed by atoms with E-state index < -0.39 is 0 Å². The zero-order chi connectivity index (χ0) is 10.8. The monoisotopic (exact) mass is 201 g/mol. The van der Waals surface area contributed by atoms with Crippen LogP contribution in [0.2, 0.25) is 0 Å². The van der Waals surface area contributed by atoms with Gasteiger partial charge in [0.15, 0.2) is 5.82 Å². The van der Waals surface area contributed by atoms with Gasteiger partial charge in [-0.3, -0.25) is 0 Å². The zero-order valence-corrected chi connectivity index (χ0v) is 8.60. The first kappa shape index (κ1) is 9.58. The van der Waals surface area contributed by atoms with Crippen LogP contribution in [0.4, 0.5) is 0 Å². The van der Waals surface area contributed by atoms with Gasteiger partial charge in [-0.05, 0) is 25.5 Å². The lowest BCUT2D eigenvalue weighted by Crippen LogP contribution is -1.93. The van der Waals surface area contributed by atoms with E-state index in [1.54, 1.807) is 0 Å². The lowest BCUT2D eigenvalue weighted by Gasteiger charge is -2.04. The summed E-state index contributed by atoms with van der Waals surface area (Å²) in [5.74, 6) is 0.503. The third-order valence-electron chi connectivity index (χ3n) is 2.19. The Balaban J connectivity index is 2.58. The molecule has 0 fully saturated rings. The fourth-order valence-corrected chi connectivity index (χ4v) is 1.39. The van der Waals surface area contributed by atoms with Crippen molar-refractivity contribution in [3.05, 3.63) is 35.7 Å². The largest absolute Gasteiger partial charge is 0.479 e. The Labute approximate surface area is 87.7 Å². The predicted molar refractivity (Wildman–Crippen MR) is 56.4 cm³/mol. The summed E-state index contributed by atoms with van der Waals surface area (Å²) in [6.07, 6.45) is 1.30. The average Bonchev–Trinajstić information content (AvgIpc) is 2.22. The van der Waals surface area contributed by atoms with Crippen LogP contribution in [0.3, 0.4) is 0 Å². The first-order valence-corrected chi connectivity index (χ1v) is 4.62. The molecule has 0 aliphatic heterocycles. The summed E-state index contributed by atoms with van der Waals surface area (Å²) in [5.41, 5.74) is 3.13. The van der Waals surface area contributed by atoms with Crippen molar-refractivity contribution in [1.82, 2.24) is 15.0 Å². The molecule has 0 unspecified atom stereocenters. The van der Waals surface area contributed by atoms with Gasteiger partial charge in [-0.2, -0.15) is 9.97 Å². The van der Waals surface area contributed by atoms with Crippen LogP contribution in [-0.2, 0) is 0 Å². The van der Waals surface area contributed by atoms with Crippen LogP contribution >= 0.6 is 0 Å². The van der Waals surface area contributed by atoms with Crippen molar-refractivity contribution in [1.29, 1.82) is 0 Å². The van der Waals surface area contributed by atoms with Gasteiger partial charge in [0.25, 0.3) is 0 Å². The topological polar surface area (TPSA) is 58.9 Å². The van der Waals surface area contributed by atoms with Gasteiger partial charge in [0.05, 0.1) is 0 Å². The Morgan fingerprint density at radius 2 is 1.93 bits per heavy atom. The SMILES string of the molecule is Cc1ccc(C)c(-c2ncnc(O)n2)c1. The smallest absolute Gasteiger partial charge is 0.317 e. The third kappa shape index (κ3) is 1.93. The van der Waals surface area contributed by atoms with Crippen molar-refractivity contribution in [2.45, 2.75) is 13.8 Å². The molecule has 15 heavy (non-hydrogen) atoms. The minimum Gasteiger partial charge on any atom is -0.479 e. The summed E-state index contributed by atoms with van der Waals surface area (Å²) in [7, 11) is 0. The van der Waals surface area contributed by atoms with Crippen molar-refractivity contribution in [3.63, 3.8) is 0 Å². The van der Waals surface area contributed by atoms with Gasteiger partial charge in [-0.1, -0.05) is 17.7 Å². The molecule has 2 aromatic rings.